The summed E-state index contributed by atoms with van der Waals surface area (Å²) in [5, 5.41) is 0. The highest BCUT2D eigenvalue weighted by Crippen LogP contribution is 2.14. The molecule has 440 valence electrons. The third-order valence-corrected chi connectivity index (χ3v) is 13.0. The third kappa shape index (κ3) is 62.1. The molecule has 0 saturated heterocycles. The third-order valence-electron chi connectivity index (χ3n) is 13.0. The lowest BCUT2D eigenvalue weighted by atomic mass is 10.1. The van der Waals surface area contributed by atoms with Crippen LogP contribution in [0.4, 0.5) is 0 Å². The zero-order valence-electron chi connectivity index (χ0n) is 50.4. The number of unbranched alkanes of at least 4 members (excludes halogenated alkanes) is 21. The van der Waals surface area contributed by atoms with Crippen LogP contribution in [0.1, 0.15) is 271 Å². The summed E-state index contributed by atoms with van der Waals surface area (Å²) in [6.45, 7) is 6.40. The first kappa shape index (κ1) is 73.3. The molecule has 6 nitrogen and oxygen atoms in total. The number of hydrogen-bond acceptors (Lipinski definition) is 6. The van der Waals surface area contributed by atoms with Crippen molar-refractivity contribution in [2.24, 2.45) is 0 Å². The second kappa shape index (κ2) is 64.8. The van der Waals surface area contributed by atoms with Crippen molar-refractivity contribution in [3.63, 3.8) is 0 Å². The summed E-state index contributed by atoms with van der Waals surface area (Å²) < 4.78 is 16.8. The van der Waals surface area contributed by atoms with Crippen LogP contribution in [-0.4, -0.2) is 37.2 Å². The Morgan fingerprint density at radius 3 is 0.897 bits per heavy atom. The molecule has 0 radical (unpaired) electrons. The smallest absolute Gasteiger partial charge is 0.306 e. The highest BCUT2D eigenvalue weighted by molar-refractivity contribution is 5.71. The molecule has 0 aliphatic carbocycles. The Labute approximate surface area is 480 Å². The lowest BCUT2D eigenvalue weighted by Crippen LogP contribution is -2.30. The summed E-state index contributed by atoms with van der Waals surface area (Å²) in [7, 11) is 0. The van der Waals surface area contributed by atoms with Gasteiger partial charge < -0.3 is 14.2 Å². The molecular weight excluding hydrogens is 961 g/mol. The van der Waals surface area contributed by atoms with E-state index < -0.39 is 6.10 Å². The lowest BCUT2D eigenvalue weighted by molar-refractivity contribution is -0.167. The van der Waals surface area contributed by atoms with E-state index in [1.165, 1.54) is 89.9 Å². The van der Waals surface area contributed by atoms with Gasteiger partial charge in [0, 0.05) is 19.3 Å². The highest BCUT2D eigenvalue weighted by atomic mass is 16.6. The van der Waals surface area contributed by atoms with E-state index in [-0.39, 0.29) is 37.5 Å². The first-order chi connectivity index (χ1) is 38.5. The van der Waals surface area contributed by atoms with E-state index in [0.717, 1.165) is 135 Å². The van der Waals surface area contributed by atoms with Gasteiger partial charge in [0.05, 0.1) is 0 Å². The molecule has 0 saturated carbocycles. The van der Waals surface area contributed by atoms with Crippen molar-refractivity contribution in [1.29, 1.82) is 0 Å². The Bertz CT molecular complexity index is 1710. The van der Waals surface area contributed by atoms with Crippen molar-refractivity contribution >= 4 is 17.9 Å². The Morgan fingerprint density at radius 2 is 0.538 bits per heavy atom. The van der Waals surface area contributed by atoms with E-state index in [1.807, 2.05) is 0 Å². The summed E-state index contributed by atoms with van der Waals surface area (Å²) in [6, 6.07) is 0. The molecule has 1 atom stereocenters. The molecule has 0 spiro atoms. The van der Waals surface area contributed by atoms with Gasteiger partial charge in [-0.3, -0.25) is 14.4 Å². The average molecular weight is 1080 g/mol. The van der Waals surface area contributed by atoms with Crippen molar-refractivity contribution in [1.82, 2.24) is 0 Å². The van der Waals surface area contributed by atoms with Crippen LogP contribution in [0.2, 0.25) is 0 Å². The molecular formula is C72H116O6. The van der Waals surface area contributed by atoms with Gasteiger partial charge in [-0.1, -0.05) is 263 Å². The van der Waals surface area contributed by atoms with E-state index in [9.17, 15) is 14.4 Å². The minimum atomic E-state index is -0.816. The van der Waals surface area contributed by atoms with Gasteiger partial charge in [0.25, 0.3) is 0 Å². The fourth-order valence-electron chi connectivity index (χ4n) is 8.30. The number of carbonyl (C=O) groups is 3. The first-order valence-corrected chi connectivity index (χ1v) is 31.8. The summed E-state index contributed by atoms with van der Waals surface area (Å²) in [5.74, 6) is -0.990. The summed E-state index contributed by atoms with van der Waals surface area (Å²) in [5.41, 5.74) is 0. The van der Waals surface area contributed by atoms with E-state index in [2.05, 4.69) is 167 Å². The van der Waals surface area contributed by atoms with Gasteiger partial charge in [-0.15, -0.1) is 0 Å². The SMILES string of the molecule is CC/C=C\C/C=C\C/C=C\C/C=C\C/C=C\C/C=C\C/C=C\C/C=C\C/C=C\CCCC(=O)OCC(COC(=O)CCCCCCC/C=C\C/C=C\CCC)OC(=O)CCCCCCCCC/C=C\CCCCCCCCC. The van der Waals surface area contributed by atoms with Gasteiger partial charge in [0.1, 0.15) is 13.2 Å². The molecule has 0 aliphatic heterocycles. The van der Waals surface area contributed by atoms with Crippen molar-refractivity contribution in [3.05, 3.63) is 146 Å². The summed E-state index contributed by atoms with van der Waals surface area (Å²) >= 11 is 0. The Kier molecular flexibility index (Phi) is 60.9. The van der Waals surface area contributed by atoms with Crippen molar-refractivity contribution < 1.29 is 28.6 Å². The maximum atomic E-state index is 12.9. The zero-order valence-corrected chi connectivity index (χ0v) is 50.4. The van der Waals surface area contributed by atoms with Gasteiger partial charge in [-0.05, 0) is 135 Å². The Morgan fingerprint density at radius 1 is 0.269 bits per heavy atom. The van der Waals surface area contributed by atoms with Crippen molar-refractivity contribution in [2.75, 3.05) is 13.2 Å². The molecule has 6 heteroatoms. The molecule has 0 amide bonds. The topological polar surface area (TPSA) is 78.9 Å². The number of allylic oxidation sites excluding steroid dienone is 24. The molecule has 0 aromatic heterocycles. The average Bonchev–Trinajstić information content (AvgIpc) is 3.44. The molecule has 0 rings (SSSR count). The molecule has 0 heterocycles. The first-order valence-electron chi connectivity index (χ1n) is 31.8. The van der Waals surface area contributed by atoms with Crippen molar-refractivity contribution in [2.45, 2.75) is 277 Å². The molecule has 0 bridgehead atoms. The van der Waals surface area contributed by atoms with E-state index in [4.69, 9.17) is 14.2 Å². The normalized spacial score (nSPS) is 13.1. The van der Waals surface area contributed by atoms with Crippen LogP contribution >= 0.6 is 0 Å². The van der Waals surface area contributed by atoms with E-state index in [0.29, 0.717) is 19.3 Å². The van der Waals surface area contributed by atoms with Crippen LogP contribution in [0.25, 0.3) is 0 Å². The van der Waals surface area contributed by atoms with Crippen LogP contribution in [0.3, 0.4) is 0 Å². The standard InChI is InChI=1S/C72H116O6/c1-4-7-10-13-16-19-22-25-27-29-31-32-33-34-35-36-37-38-39-40-41-43-44-47-50-53-56-59-62-65-71(74)77-68-69(67-76-70(73)64-61-58-55-52-49-46-24-21-18-15-12-9-6-3)78-72(75)66-63-60-57-54-51-48-45-42-30-28-26-23-20-17-14-11-8-5-2/h7,10,12,15-16,19,21,24-25,27-28,30-32,34-35,37-38,40-41,44,47,53,56,69H,4-6,8-9,11,13-14,17-18,20,22-23,26,29,33,36,39,42-43,45-46,48-52,54-55,57-68H2,1-3H3/b10-7-,15-12-,19-16-,24-21-,27-25-,30-28-,32-31-,35-34-,38-37-,41-40-,47-44-,56-53-. The fraction of sp³-hybridized carbons (Fsp3) is 0.625. The van der Waals surface area contributed by atoms with Gasteiger partial charge >= 0.3 is 17.9 Å². The largest absolute Gasteiger partial charge is 0.462 e. The molecule has 0 N–H and O–H groups in total. The van der Waals surface area contributed by atoms with Gasteiger partial charge in [-0.2, -0.15) is 0 Å². The summed E-state index contributed by atoms with van der Waals surface area (Å²) in [4.78, 5) is 38.2. The zero-order chi connectivity index (χ0) is 56.4. The van der Waals surface area contributed by atoms with Crippen LogP contribution in [0.15, 0.2) is 146 Å². The van der Waals surface area contributed by atoms with Crippen LogP contribution < -0.4 is 0 Å². The van der Waals surface area contributed by atoms with Gasteiger partial charge in [0.2, 0.25) is 0 Å². The Balaban J connectivity index is 4.46. The number of esters is 3. The van der Waals surface area contributed by atoms with E-state index in [1.54, 1.807) is 0 Å². The van der Waals surface area contributed by atoms with Crippen LogP contribution in [0.5, 0.6) is 0 Å². The maximum absolute atomic E-state index is 12.9. The Hall–Kier alpha value is -4.71. The number of rotatable bonds is 56. The molecule has 1 unspecified atom stereocenters. The lowest BCUT2D eigenvalue weighted by Gasteiger charge is -2.18. The fourth-order valence-corrected chi connectivity index (χ4v) is 8.30. The predicted octanol–water partition coefficient (Wildman–Crippen LogP) is 21.9. The predicted molar refractivity (Wildman–Crippen MR) is 339 cm³/mol. The van der Waals surface area contributed by atoms with Gasteiger partial charge in [-0.25, -0.2) is 0 Å². The van der Waals surface area contributed by atoms with Gasteiger partial charge in [0.15, 0.2) is 6.10 Å². The van der Waals surface area contributed by atoms with E-state index >= 15 is 0 Å². The molecule has 78 heavy (non-hydrogen) atoms. The number of carbonyl (C=O) groups excluding carboxylic acids is 3. The second-order valence-corrected chi connectivity index (χ2v) is 20.6. The molecule has 0 aromatic carbocycles. The minimum absolute atomic E-state index is 0.109. The second-order valence-electron chi connectivity index (χ2n) is 20.6. The number of ether oxygens (including phenoxy) is 3. The number of hydrogen-bond donors (Lipinski definition) is 0. The highest BCUT2D eigenvalue weighted by Gasteiger charge is 2.19. The quantitative estimate of drug-likeness (QED) is 0.0261. The van der Waals surface area contributed by atoms with Crippen molar-refractivity contribution in [3.8, 4) is 0 Å². The monoisotopic (exact) mass is 1080 g/mol. The van der Waals surface area contributed by atoms with Crippen LogP contribution in [-0.2, 0) is 28.6 Å². The minimum Gasteiger partial charge on any atom is -0.462 e. The molecule has 0 aromatic rings. The summed E-state index contributed by atoms with van der Waals surface area (Å²) in [6.07, 6.45) is 92.8. The molecule has 0 fully saturated rings. The molecule has 0 aliphatic rings. The van der Waals surface area contributed by atoms with Crippen LogP contribution in [0, 0.1) is 0 Å². The maximum Gasteiger partial charge on any atom is 0.306 e.